The van der Waals surface area contributed by atoms with E-state index in [9.17, 15) is 13.6 Å². The number of fused-ring (bicyclic) bond motifs is 1. The maximum atomic E-state index is 14.2. The van der Waals surface area contributed by atoms with E-state index in [4.69, 9.17) is 4.98 Å². The summed E-state index contributed by atoms with van der Waals surface area (Å²) in [4.78, 5) is 22.0. The molecule has 5 nitrogen and oxygen atoms in total. The number of carbonyl (C=O) groups excluding carboxylic acids is 1. The number of aromatic nitrogens is 2. The lowest BCUT2D eigenvalue weighted by atomic mass is 10.1. The van der Waals surface area contributed by atoms with E-state index in [2.05, 4.69) is 4.57 Å². The van der Waals surface area contributed by atoms with Crippen LogP contribution >= 0.6 is 0 Å². The summed E-state index contributed by atoms with van der Waals surface area (Å²) in [6.07, 6.45) is 3.91. The molecule has 1 amide bonds. The van der Waals surface area contributed by atoms with Gasteiger partial charge in [0.1, 0.15) is 23.2 Å². The van der Waals surface area contributed by atoms with Crippen LogP contribution in [0.3, 0.4) is 0 Å². The highest BCUT2D eigenvalue weighted by Gasteiger charge is 2.30. The summed E-state index contributed by atoms with van der Waals surface area (Å²) in [5.41, 5.74) is 2.69. The van der Waals surface area contributed by atoms with Crippen LogP contribution in [0.2, 0.25) is 0 Å². The van der Waals surface area contributed by atoms with Crippen molar-refractivity contribution < 1.29 is 13.6 Å². The molecule has 0 bridgehead atoms. The zero-order valence-corrected chi connectivity index (χ0v) is 17.9. The number of halogens is 2. The second kappa shape index (κ2) is 8.73. The number of hydrogen-bond donors (Lipinski definition) is 0. The third kappa shape index (κ3) is 3.87. The van der Waals surface area contributed by atoms with Crippen molar-refractivity contribution in [1.82, 2.24) is 14.5 Å². The van der Waals surface area contributed by atoms with Gasteiger partial charge in [0.2, 0.25) is 0 Å². The number of para-hydroxylation sites is 1. The Morgan fingerprint density at radius 3 is 2.47 bits per heavy atom. The van der Waals surface area contributed by atoms with Crippen molar-refractivity contribution >= 4 is 11.6 Å². The lowest BCUT2D eigenvalue weighted by Crippen LogP contribution is -2.49. The molecule has 5 rings (SSSR count). The standard InChI is InChI=1S/C25H26F2N4O/c26-19-8-6-7-18(17-19)24-28-23(22-11-2-1-5-12-31(22)24)25(32)30-15-13-29(14-16-30)21-10-4-3-9-20(21)27/h3-4,6-10,17H,1-2,5,11-16H2. The fourth-order valence-corrected chi connectivity index (χ4v) is 4.75. The van der Waals surface area contributed by atoms with Gasteiger partial charge in [-0.1, -0.05) is 30.7 Å². The normalized spacial score (nSPS) is 16.6. The Labute approximate surface area is 186 Å². The number of benzene rings is 2. The molecule has 32 heavy (non-hydrogen) atoms. The van der Waals surface area contributed by atoms with Gasteiger partial charge < -0.3 is 14.4 Å². The molecule has 2 aliphatic rings. The molecule has 1 fully saturated rings. The number of hydrogen-bond acceptors (Lipinski definition) is 3. The molecular formula is C25H26F2N4O. The van der Waals surface area contributed by atoms with Crippen LogP contribution in [-0.2, 0) is 13.0 Å². The Morgan fingerprint density at radius 1 is 0.875 bits per heavy atom. The molecule has 2 aliphatic heterocycles. The van der Waals surface area contributed by atoms with Crippen molar-refractivity contribution in [3.8, 4) is 11.4 Å². The minimum Gasteiger partial charge on any atom is -0.366 e. The number of rotatable bonds is 3. The SMILES string of the molecule is O=C(c1nc(-c2cccc(F)c2)n2c1CCCCC2)N1CCN(c2ccccc2F)CC1. The third-order valence-electron chi connectivity index (χ3n) is 6.41. The predicted octanol–water partition coefficient (Wildman–Crippen LogP) is 4.52. The van der Waals surface area contributed by atoms with Gasteiger partial charge in [-0.25, -0.2) is 13.8 Å². The smallest absolute Gasteiger partial charge is 0.274 e. The first-order chi connectivity index (χ1) is 15.6. The molecule has 7 heteroatoms. The average molecular weight is 437 g/mol. The average Bonchev–Trinajstić information content (AvgIpc) is 3.00. The molecule has 3 heterocycles. The van der Waals surface area contributed by atoms with E-state index >= 15 is 0 Å². The number of carbonyl (C=O) groups is 1. The van der Waals surface area contributed by atoms with Gasteiger partial charge in [0.05, 0.1) is 11.4 Å². The molecule has 0 unspecified atom stereocenters. The molecule has 0 aliphatic carbocycles. The van der Waals surface area contributed by atoms with E-state index in [0.29, 0.717) is 48.9 Å². The molecule has 0 N–H and O–H groups in total. The fourth-order valence-electron chi connectivity index (χ4n) is 4.75. The summed E-state index contributed by atoms with van der Waals surface area (Å²) in [5.74, 6) is 0.0123. The zero-order valence-electron chi connectivity index (χ0n) is 17.9. The minimum atomic E-state index is -0.314. The fraction of sp³-hybridized carbons (Fsp3) is 0.360. The van der Waals surface area contributed by atoms with Crippen LogP contribution in [0.15, 0.2) is 48.5 Å². The number of amides is 1. The van der Waals surface area contributed by atoms with Crippen molar-refractivity contribution in [1.29, 1.82) is 0 Å². The third-order valence-corrected chi connectivity index (χ3v) is 6.41. The van der Waals surface area contributed by atoms with Gasteiger partial charge in [0, 0.05) is 38.3 Å². The van der Waals surface area contributed by atoms with Gasteiger partial charge >= 0.3 is 0 Å². The van der Waals surface area contributed by atoms with E-state index in [1.165, 1.54) is 18.2 Å². The molecule has 2 aromatic carbocycles. The molecule has 1 saturated heterocycles. The Kier molecular flexibility index (Phi) is 5.64. The van der Waals surface area contributed by atoms with Gasteiger partial charge in [0.15, 0.2) is 0 Å². The van der Waals surface area contributed by atoms with E-state index in [0.717, 1.165) is 37.9 Å². The van der Waals surface area contributed by atoms with E-state index < -0.39 is 0 Å². The molecule has 1 aromatic heterocycles. The first-order valence-electron chi connectivity index (χ1n) is 11.3. The second-order valence-corrected chi connectivity index (χ2v) is 8.43. The molecule has 0 atom stereocenters. The Hall–Kier alpha value is -3.22. The maximum absolute atomic E-state index is 14.2. The predicted molar refractivity (Wildman–Crippen MR) is 120 cm³/mol. The van der Waals surface area contributed by atoms with Gasteiger partial charge in [0.25, 0.3) is 5.91 Å². The first-order valence-corrected chi connectivity index (χ1v) is 11.3. The van der Waals surface area contributed by atoms with Crippen LogP contribution in [0.25, 0.3) is 11.4 Å². The highest BCUT2D eigenvalue weighted by molar-refractivity contribution is 5.94. The molecule has 0 spiro atoms. The quantitative estimate of drug-likeness (QED) is 0.606. The Bertz CT molecular complexity index is 1130. The van der Waals surface area contributed by atoms with E-state index in [1.54, 1.807) is 23.1 Å². The van der Waals surface area contributed by atoms with Crippen molar-refractivity contribution in [2.75, 3.05) is 31.1 Å². The maximum Gasteiger partial charge on any atom is 0.274 e. The summed E-state index contributed by atoms with van der Waals surface area (Å²) in [7, 11) is 0. The number of nitrogens with zero attached hydrogens (tertiary/aromatic N) is 4. The topological polar surface area (TPSA) is 41.4 Å². The number of piperazine rings is 1. The summed E-state index contributed by atoms with van der Waals surface area (Å²) in [6.45, 7) is 2.94. The van der Waals surface area contributed by atoms with Gasteiger partial charge in [-0.15, -0.1) is 0 Å². The van der Waals surface area contributed by atoms with Crippen LogP contribution in [0.4, 0.5) is 14.5 Å². The summed E-state index contributed by atoms with van der Waals surface area (Å²) < 4.78 is 30.1. The van der Waals surface area contributed by atoms with Crippen LogP contribution in [0.1, 0.15) is 35.4 Å². The largest absolute Gasteiger partial charge is 0.366 e. The van der Waals surface area contributed by atoms with Gasteiger partial charge in [-0.3, -0.25) is 4.79 Å². The van der Waals surface area contributed by atoms with Crippen molar-refractivity contribution in [3.63, 3.8) is 0 Å². The molecule has 0 saturated carbocycles. The highest BCUT2D eigenvalue weighted by Crippen LogP contribution is 2.29. The monoisotopic (exact) mass is 436 g/mol. The molecule has 0 radical (unpaired) electrons. The molecule has 3 aromatic rings. The van der Waals surface area contributed by atoms with Crippen molar-refractivity contribution in [2.24, 2.45) is 0 Å². The lowest BCUT2D eigenvalue weighted by Gasteiger charge is -2.36. The highest BCUT2D eigenvalue weighted by atomic mass is 19.1. The van der Waals surface area contributed by atoms with Crippen LogP contribution in [0, 0.1) is 11.6 Å². The van der Waals surface area contributed by atoms with Crippen LogP contribution < -0.4 is 4.90 Å². The van der Waals surface area contributed by atoms with Gasteiger partial charge in [-0.2, -0.15) is 0 Å². The summed E-state index contributed by atoms with van der Waals surface area (Å²) in [6, 6.07) is 13.1. The lowest BCUT2D eigenvalue weighted by molar-refractivity contribution is 0.0740. The molecule has 166 valence electrons. The van der Waals surface area contributed by atoms with Crippen molar-refractivity contribution in [2.45, 2.75) is 32.2 Å². The van der Waals surface area contributed by atoms with Crippen LogP contribution in [0.5, 0.6) is 0 Å². The van der Waals surface area contributed by atoms with Crippen LogP contribution in [-0.4, -0.2) is 46.5 Å². The molecular weight excluding hydrogens is 410 g/mol. The van der Waals surface area contributed by atoms with E-state index in [-0.39, 0.29) is 17.5 Å². The first kappa shape index (κ1) is 20.7. The van der Waals surface area contributed by atoms with Gasteiger partial charge in [-0.05, 0) is 43.5 Å². The Morgan fingerprint density at radius 2 is 1.69 bits per heavy atom. The summed E-state index contributed by atoms with van der Waals surface area (Å²) >= 11 is 0. The van der Waals surface area contributed by atoms with E-state index in [1.807, 2.05) is 17.0 Å². The number of imidazole rings is 1. The minimum absolute atomic E-state index is 0.0912. The van der Waals surface area contributed by atoms with Crippen molar-refractivity contribution in [3.05, 3.63) is 71.6 Å². The number of anilines is 1. The second-order valence-electron chi connectivity index (χ2n) is 8.43. The Balaban J connectivity index is 1.41. The summed E-state index contributed by atoms with van der Waals surface area (Å²) in [5, 5.41) is 0. The zero-order chi connectivity index (χ0) is 22.1.